The van der Waals surface area contributed by atoms with Crippen LogP contribution in [0.4, 0.5) is 11.5 Å². The van der Waals surface area contributed by atoms with Gasteiger partial charge in [-0.15, -0.1) is 0 Å². The minimum atomic E-state index is -1.67. The summed E-state index contributed by atoms with van der Waals surface area (Å²) in [6.45, 7) is 6.36. The second kappa shape index (κ2) is 4.54. The summed E-state index contributed by atoms with van der Waals surface area (Å²) in [5.41, 5.74) is 1.08. The number of hydrogen-bond acceptors (Lipinski definition) is 5. The Morgan fingerprint density at radius 3 is 2.74 bits per heavy atom. The minimum absolute atomic E-state index is 0.463. The SMILES string of the molecule is C[Si](C)(C)Oc1ncc2c(n1)Nc1ccccc1S2. The molecule has 0 atom stereocenters. The summed E-state index contributed by atoms with van der Waals surface area (Å²) in [4.78, 5) is 11.0. The van der Waals surface area contributed by atoms with E-state index in [9.17, 15) is 0 Å². The molecule has 6 heteroatoms. The molecule has 2 aromatic rings. The molecule has 0 spiro atoms. The van der Waals surface area contributed by atoms with Gasteiger partial charge >= 0.3 is 6.01 Å². The Hall–Kier alpha value is -1.53. The summed E-state index contributed by atoms with van der Waals surface area (Å²) < 4.78 is 5.82. The number of nitrogens with zero attached hydrogens (tertiary/aromatic N) is 2. The Balaban J connectivity index is 1.92. The van der Waals surface area contributed by atoms with E-state index in [2.05, 4.69) is 41.0 Å². The molecular formula is C13H15N3OSSi. The van der Waals surface area contributed by atoms with Crippen molar-refractivity contribution in [3.05, 3.63) is 30.5 Å². The lowest BCUT2D eigenvalue weighted by Gasteiger charge is -2.21. The molecule has 4 nitrogen and oxygen atoms in total. The molecule has 0 amide bonds. The van der Waals surface area contributed by atoms with Gasteiger partial charge in [-0.3, -0.25) is 0 Å². The maximum absolute atomic E-state index is 5.82. The predicted molar refractivity (Wildman–Crippen MR) is 79.9 cm³/mol. The van der Waals surface area contributed by atoms with E-state index in [-0.39, 0.29) is 0 Å². The average molecular weight is 289 g/mol. The van der Waals surface area contributed by atoms with Crippen molar-refractivity contribution in [3.63, 3.8) is 0 Å². The van der Waals surface area contributed by atoms with E-state index in [1.165, 1.54) is 4.90 Å². The fourth-order valence-corrected chi connectivity index (χ4v) is 3.30. The summed E-state index contributed by atoms with van der Waals surface area (Å²) in [6, 6.07) is 8.64. The van der Waals surface area contributed by atoms with E-state index in [1.54, 1.807) is 11.8 Å². The van der Waals surface area contributed by atoms with Crippen LogP contribution in [-0.2, 0) is 0 Å². The second-order valence-electron chi connectivity index (χ2n) is 5.30. The third kappa shape index (κ3) is 2.74. The van der Waals surface area contributed by atoms with Gasteiger partial charge in [0.15, 0.2) is 5.82 Å². The van der Waals surface area contributed by atoms with Crippen LogP contribution < -0.4 is 9.74 Å². The van der Waals surface area contributed by atoms with Gasteiger partial charge < -0.3 is 9.74 Å². The summed E-state index contributed by atoms with van der Waals surface area (Å²) in [5.74, 6) is 0.826. The van der Waals surface area contributed by atoms with Gasteiger partial charge in [0.1, 0.15) is 0 Å². The molecule has 19 heavy (non-hydrogen) atoms. The molecule has 1 N–H and O–H groups in total. The largest absolute Gasteiger partial charge is 0.518 e. The molecule has 1 aromatic heterocycles. The van der Waals surface area contributed by atoms with Gasteiger partial charge in [-0.2, -0.15) is 4.98 Å². The van der Waals surface area contributed by atoms with Gasteiger partial charge in [0.2, 0.25) is 8.32 Å². The first-order chi connectivity index (χ1) is 9.01. The van der Waals surface area contributed by atoms with Crippen LogP contribution in [0.3, 0.4) is 0 Å². The van der Waals surface area contributed by atoms with Gasteiger partial charge in [-0.25, -0.2) is 4.98 Å². The van der Waals surface area contributed by atoms with E-state index in [1.807, 2.05) is 24.4 Å². The minimum Gasteiger partial charge on any atom is -0.518 e. The normalized spacial score (nSPS) is 13.2. The van der Waals surface area contributed by atoms with E-state index in [4.69, 9.17) is 4.43 Å². The molecule has 1 aliphatic heterocycles. The van der Waals surface area contributed by atoms with E-state index >= 15 is 0 Å². The Bertz CT molecular complexity index is 628. The van der Waals surface area contributed by atoms with Crippen LogP contribution in [0.5, 0.6) is 6.01 Å². The van der Waals surface area contributed by atoms with Crippen LogP contribution in [0.15, 0.2) is 40.3 Å². The molecule has 0 saturated carbocycles. The number of fused-ring (bicyclic) bond motifs is 2. The van der Waals surface area contributed by atoms with Crippen molar-refractivity contribution in [3.8, 4) is 6.01 Å². The molecule has 0 saturated heterocycles. The van der Waals surface area contributed by atoms with Crippen LogP contribution in [0.25, 0.3) is 0 Å². The first-order valence-electron chi connectivity index (χ1n) is 6.11. The maximum Gasteiger partial charge on any atom is 0.304 e. The molecule has 2 heterocycles. The topological polar surface area (TPSA) is 47.0 Å². The number of hydrogen-bond donors (Lipinski definition) is 1. The Morgan fingerprint density at radius 1 is 1.16 bits per heavy atom. The molecule has 98 valence electrons. The lowest BCUT2D eigenvalue weighted by Crippen LogP contribution is -2.30. The molecule has 0 unspecified atom stereocenters. The number of nitrogens with one attached hydrogen (secondary N) is 1. The smallest absolute Gasteiger partial charge is 0.304 e. The molecule has 3 rings (SSSR count). The zero-order valence-corrected chi connectivity index (χ0v) is 12.9. The first kappa shape index (κ1) is 12.5. The highest BCUT2D eigenvalue weighted by Crippen LogP contribution is 2.43. The number of aromatic nitrogens is 2. The van der Waals surface area contributed by atoms with Crippen molar-refractivity contribution in [1.29, 1.82) is 0 Å². The van der Waals surface area contributed by atoms with E-state index in [0.29, 0.717) is 6.01 Å². The lowest BCUT2D eigenvalue weighted by atomic mass is 10.3. The zero-order chi connectivity index (χ0) is 13.5. The van der Waals surface area contributed by atoms with Crippen LogP contribution in [0.2, 0.25) is 19.6 Å². The third-order valence-electron chi connectivity index (χ3n) is 2.49. The van der Waals surface area contributed by atoms with Gasteiger partial charge in [-0.05, 0) is 31.8 Å². The van der Waals surface area contributed by atoms with Crippen molar-refractivity contribution >= 4 is 31.6 Å². The number of para-hydroxylation sites is 1. The predicted octanol–water partition coefficient (Wildman–Crippen LogP) is 3.90. The fourth-order valence-electron chi connectivity index (χ4n) is 1.75. The van der Waals surface area contributed by atoms with Gasteiger partial charge in [0.05, 0.1) is 16.8 Å². The monoisotopic (exact) mass is 289 g/mol. The summed E-state index contributed by atoms with van der Waals surface area (Å²) in [5, 5.41) is 3.33. The van der Waals surface area contributed by atoms with Crippen molar-refractivity contribution in [2.45, 2.75) is 29.4 Å². The van der Waals surface area contributed by atoms with Crippen LogP contribution >= 0.6 is 11.8 Å². The fraction of sp³-hybridized carbons (Fsp3) is 0.231. The van der Waals surface area contributed by atoms with Crippen molar-refractivity contribution in [2.24, 2.45) is 0 Å². The molecule has 0 aliphatic carbocycles. The highest BCUT2D eigenvalue weighted by atomic mass is 32.2. The molecule has 0 bridgehead atoms. The van der Waals surface area contributed by atoms with E-state index in [0.717, 1.165) is 16.4 Å². The van der Waals surface area contributed by atoms with Gasteiger partial charge in [0.25, 0.3) is 0 Å². The first-order valence-corrected chi connectivity index (χ1v) is 10.3. The third-order valence-corrected chi connectivity index (χ3v) is 4.38. The Kier molecular flexibility index (Phi) is 2.98. The molecule has 1 aliphatic rings. The standard InChI is InChI=1S/C13H15N3OSSi/c1-19(2,3)17-13-14-8-11-12(16-13)15-9-6-4-5-7-10(9)18-11/h4-8H,1-3H3,(H,14,15,16). The molecule has 1 aromatic carbocycles. The zero-order valence-electron chi connectivity index (χ0n) is 11.1. The average Bonchev–Trinajstić information content (AvgIpc) is 2.34. The Morgan fingerprint density at radius 2 is 1.95 bits per heavy atom. The number of benzene rings is 1. The van der Waals surface area contributed by atoms with Gasteiger partial charge in [-0.1, -0.05) is 23.9 Å². The van der Waals surface area contributed by atoms with Crippen molar-refractivity contribution in [2.75, 3.05) is 5.32 Å². The van der Waals surface area contributed by atoms with Crippen LogP contribution in [-0.4, -0.2) is 18.3 Å². The van der Waals surface area contributed by atoms with Crippen molar-refractivity contribution < 1.29 is 4.43 Å². The summed E-state index contributed by atoms with van der Waals surface area (Å²) in [7, 11) is -1.67. The van der Waals surface area contributed by atoms with E-state index < -0.39 is 8.32 Å². The van der Waals surface area contributed by atoms with Crippen LogP contribution in [0, 0.1) is 0 Å². The number of anilines is 2. The second-order valence-corrected chi connectivity index (χ2v) is 10.8. The highest BCUT2D eigenvalue weighted by Gasteiger charge is 2.21. The highest BCUT2D eigenvalue weighted by molar-refractivity contribution is 7.99. The number of rotatable bonds is 2. The summed E-state index contributed by atoms with van der Waals surface area (Å²) in [6.07, 6.45) is 1.82. The van der Waals surface area contributed by atoms with Gasteiger partial charge in [0, 0.05) is 4.90 Å². The maximum atomic E-state index is 5.82. The molecule has 0 fully saturated rings. The Labute approximate surface area is 117 Å². The molecular weight excluding hydrogens is 274 g/mol. The quantitative estimate of drug-likeness (QED) is 0.725. The van der Waals surface area contributed by atoms with Crippen molar-refractivity contribution in [1.82, 2.24) is 9.97 Å². The molecule has 0 radical (unpaired) electrons. The summed E-state index contributed by atoms with van der Waals surface area (Å²) >= 11 is 1.68. The van der Waals surface area contributed by atoms with Crippen LogP contribution in [0.1, 0.15) is 0 Å². The lowest BCUT2D eigenvalue weighted by molar-refractivity contribution is 0.508.